The van der Waals surface area contributed by atoms with Gasteiger partial charge in [-0.05, 0) is 49.1 Å². The smallest absolute Gasteiger partial charge is 0.271 e. The highest BCUT2D eigenvalue weighted by Gasteiger charge is 2.15. The van der Waals surface area contributed by atoms with E-state index in [2.05, 4.69) is 39.7 Å². The van der Waals surface area contributed by atoms with E-state index in [1.807, 2.05) is 38.1 Å². The van der Waals surface area contributed by atoms with Gasteiger partial charge in [-0.2, -0.15) is 5.10 Å². The van der Waals surface area contributed by atoms with Gasteiger partial charge in [-0.1, -0.05) is 36.4 Å². The molecule has 0 atom stereocenters. The maximum atomic E-state index is 12.0. The van der Waals surface area contributed by atoms with Gasteiger partial charge in [0, 0.05) is 30.9 Å². The molecule has 1 N–H and O–H groups in total. The van der Waals surface area contributed by atoms with Crippen LogP contribution in [0.25, 0.3) is 0 Å². The lowest BCUT2D eigenvalue weighted by atomic mass is 9.99. The number of hydrogen-bond acceptors (Lipinski definition) is 3. The van der Waals surface area contributed by atoms with E-state index in [0.717, 1.165) is 31.8 Å². The van der Waals surface area contributed by atoms with Gasteiger partial charge in [0.1, 0.15) is 0 Å². The van der Waals surface area contributed by atoms with Gasteiger partial charge in [0.05, 0.1) is 0 Å². The maximum absolute atomic E-state index is 12.0. The molecule has 2 aromatic carbocycles. The number of benzene rings is 2. The van der Waals surface area contributed by atoms with Gasteiger partial charge < -0.3 is 0 Å². The highest BCUT2D eigenvalue weighted by atomic mass is 16.2. The van der Waals surface area contributed by atoms with Crippen LogP contribution in [-0.4, -0.2) is 23.1 Å². The quantitative estimate of drug-likeness (QED) is 0.693. The molecule has 0 aliphatic carbocycles. The summed E-state index contributed by atoms with van der Waals surface area (Å²) in [4.78, 5) is 14.4. The number of hydrogen-bond donors (Lipinski definition) is 1. The van der Waals surface area contributed by atoms with E-state index in [1.165, 1.54) is 16.7 Å². The molecular formula is C20H23N3O. The van der Waals surface area contributed by atoms with Crippen LogP contribution in [0.3, 0.4) is 0 Å². The Labute approximate surface area is 143 Å². The molecule has 1 heterocycles. The molecule has 0 spiro atoms. The average molecular weight is 321 g/mol. The summed E-state index contributed by atoms with van der Waals surface area (Å²) in [5.41, 5.74) is 8.12. The molecule has 124 valence electrons. The molecule has 0 saturated carbocycles. The summed E-state index contributed by atoms with van der Waals surface area (Å²) >= 11 is 0. The van der Waals surface area contributed by atoms with E-state index in [4.69, 9.17) is 0 Å². The van der Waals surface area contributed by atoms with Crippen molar-refractivity contribution in [2.75, 3.05) is 6.54 Å². The topological polar surface area (TPSA) is 44.7 Å². The fraction of sp³-hybridized carbons (Fsp3) is 0.300. The largest absolute Gasteiger partial charge is 0.294 e. The minimum absolute atomic E-state index is 0.172. The third-order valence-electron chi connectivity index (χ3n) is 4.21. The van der Waals surface area contributed by atoms with Gasteiger partial charge in [0.25, 0.3) is 5.91 Å². The summed E-state index contributed by atoms with van der Waals surface area (Å²) in [6.45, 7) is 6.66. The fourth-order valence-electron chi connectivity index (χ4n) is 2.94. The van der Waals surface area contributed by atoms with Gasteiger partial charge >= 0.3 is 0 Å². The summed E-state index contributed by atoms with van der Waals surface area (Å²) in [6, 6.07) is 16.4. The normalized spacial score (nSPS) is 13.9. The molecule has 0 fully saturated rings. The monoisotopic (exact) mass is 321 g/mol. The van der Waals surface area contributed by atoms with Gasteiger partial charge in [0.2, 0.25) is 0 Å². The second-order valence-corrected chi connectivity index (χ2v) is 6.43. The van der Waals surface area contributed by atoms with Crippen LogP contribution in [0.4, 0.5) is 0 Å². The molecule has 24 heavy (non-hydrogen) atoms. The third kappa shape index (κ3) is 4.09. The van der Waals surface area contributed by atoms with Gasteiger partial charge in [-0.25, -0.2) is 5.43 Å². The van der Waals surface area contributed by atoms with E-state index in [0.29, 0.717) is 5.56 Å². The molecule has 0 unspecified atom stereocenters. The fourth-order valence-corrected chi connectivity index (χ4v) is 2.94. The lowest BCUT2D eigenvalue weighted by Crippen LogP contribution is -2.30. The summed E-state index contributed by atoms with van der Waals surface area (Å²) in [5.74, 6) is -0.172. The number of carbonyl (C=O) groups excluding carboxylic acids is 1. The number of carbonyl (C=O) groups is 1. The first-order chi connectivity index (χ1) is 11.6. The molecule has 0 radical (unpaired) electrons. The van der Waals surface area contributed by atoms with E-state index >= 15 is 0 Å². The zero-order valence-electron chi connectivity index (χ0n) is 14.2. The van der Waals surface area contributed by atoms with Crippen LogP contribution < -0.4 is 5.43 Å². The molecule has 2 aromatic rings. The second-order valence-electron chi connectivity index (χ2n) is 6.43. The van der Waals surface area contributed by atoms with Crippen LogP contribution in [0, 0.1) is 0 Å². The van der Waals surface area contributed by atoms with Crippen molar-refractivity contribution in [1.29, 1.82) is 0 Å². The first-order valence-corrected chi connectivity index (χ1v) is 8.31. The van der Waals surface area contributed by atoms with Crippen molar-refractivity contribution in [2.45, 2.75) is 33.4 Å². The minimum atomic E-state index is -0.172. The van der Waals surface area contributed by atoms with Crippen LogP contribution in [0.2, 0.25) is 0 Å². The second kappa shape index (κ2) is 7.41. The van der Waals surface area contributed by atoms with Crippen LogP contribution in [0.15, 0.2) is 53.6 Å². The van der Waals surface area contributed by atoms with Crippen molar-refractivity contribution in [3.63, 3.8) is 0 Å². The maximum Gasteiger partial charge on any atom is 0.271 e. The van der Waals surface area contributed by atoms with Crippen LogP contribution in [-0.2, 0) is 19.5 Å². The van der Waals surface area contributed by atoms with Gasteiger partial charge in [0.15, 0.2) is 0 Å². The minimum Gasteiger partial charge on any atom is -0.294 e. The van der Waals surface area contributed by atoms with Gasteiger partial charge in [-0.3, -0.25) is 9.69 Å². The lowest BCUT2D eigenvalue weighted by Gasteiger charge is -2.28. The van der Waals surface area contributed by atoms with E-state index in [9.17, 15) is 4.79 Å². The molecule has 0 saturated heterocycles. The Bertz CT molecular complexity index is 746. The third-order valence-corrected chi connectivity index (χ3v) is 4.21. The van der Waals surface area contributed by atoms with Crippen molar-refractivity contribution in [3.8, 4) is 0 Å². The standard InChI is InChI=1S/C20H23N3O/c1-15(2)21-22-20(24)18-9-7-16(8-10-18)13-23-12-11-17-5-3-4-6-19(17)14-23/h3-10H,11-14H2,1-2H3,(H,22,24). The van der Waals surface area contributed by atoms with Crippen molar-refractivity contribution >= 4 is 11.6 Å². The highest BCUT2D eigenvalue weighted by molar-refractivity contribution is 5.95. The molecule has 1 aliphatic heterocycles. The van der Waals surface area contributed by atoms with Crippen molar-refractivity contribution in [2.24, 2.45) is 5.10 Å². The predicted octanol–water partition coefficient (Wildman–Crippen LogP) is 3.37. The zero-order valence-corrected chi connectivity index (χ0v) is 14.2. The number of rotatable bonds is 4. The van der Waals surface area contributed by atoms with Crippen LogP contribution >= 0.6 is 0 Å². The number of hydrazone groups is 1. The number of amides is 1. The molecule has 4 heteroatoms. The number of nitrogens with one attached hydrogen (secondary N) is 1. The molecular weight excluding hydrogens is 298 g/mol. The Kier molecular flexibility index (Phi) is 5.06. The summed E-state index contributed by atoms with van der Waals surface area (Å²) in [6.07, 6.45) is 1.10. The first kappa shape index (κ1) is 16.4. The van der Waals surface area contributed by atoms with E-state index in [-0.39, 0.29) is 5.91 Å². The number of fused-ring (bicyclic) bond motifs is 1. The zero-order chi connectivity index (χ0) is 16.9. The SMILES string of the molecule is CC(C)=NNC(=O)c1ccc(CN2CCc3ccccc3C2)cc1. The van der Waals surface area contributed by atoms with Crippen LogP contribution in [0.5, 0.6) is 0 Å². The van der Waals surface area contributed by atoms with E-state index in [1.54, 1.807) is 0 Å². The first-order valence-electron chi connectivity index (χ1n) is 8.31. The van der Waals surface area contributed by atoms with Gasteiger partial charge in [-0.15, -0.1) is 0 Å². The van der Waals surface area contributed by atoms with Crippen molar-refractivity contribution < 1.29 is 4.79 Å². The molecule has 3 rings (SSSR count). The highest BCUT2D eigenvalue weighted by Crippen LogP contribution is 2.20. The van der Waals surface area contributed by atoms with E-state index < -0.39 is 0 Å². The molecule has 0 bridgehead atoms. The van der Waals surface area contributed by atoms with Crippen molar-refractivity contribution in [3.05, 3.63) is 70.8 Å². The molecule has 1 amide bonds. The average Bonchev–Trinajstić information content (AvgIpc) is 2.60. The molecule has 4 nitrogen and oxygen atoms in total. The lowest BCUT2D eigenvalue weighted by molar-refractivity contribution is 0.0954. The Morgan fingerprint density at radius 2 is 1.79 bits per heavy atom. The Morgan fingerprint density at radius 1 is 1.08 bits per heavy atom. The summed E-state index contributed by atoms with van der Waals surface area (Å²) in [5, 5.41) is 3.95. The van der Waals surface area contributed by atoms with Crippen LogP contribution in [0.1, 0.15) is 40.9 Å². The Hall–Kier alpha value is -2.46. The van der Waals surface area contributed by atoms with Crippen molar-refractivity contribution in [1.82, 2.24) is 10.3 Å². The summed E-state index contributed by atoms with van der Waals surface area (Å²) < 4.78 is 0. The predicted molar refractivity (Wildman–Crippen MR) is 97.0 cm³/mol. The Balaban J connectivity index is 1.61. The Morgan fingerprint density at radius 3 is 2.50 bits per heavy atom. The summed E-state index contributed by atoms with van der Waals surface area (Å²) in [7, 11) is 0. The molecule has 0 aromatic heterocycles. The number of nitrogens with zero attached hydrogens (tertiary/aromatic N) is 2. The molecule has 1 aliphatic rings.